The molecule has 0 aromatic heterocycles. The first-order valence-electron chi connectivity index (χ1n) is 6.90. The molecule has 0 fully saturated rings. The molecule has 0 aliphatic rings. The average molecular weight is 328 g/mol. The van der Waals surface area contributed by atoms with Crippen LogP contribution >= 0.6 is 0 Å². The van der Waals surface area contributed by atoms with Crippen LogP contribution < -0.4 is 19.9 Å². The van der Waals surface area contributed by atoms with Gasteiger partial charge in [-0.3, -0.25) is 9.59 Å². The van der Waals surface area contributed by atoms with Gasteiger partial charge in [0.2, 0.25) is 0 Å². The molecule has 0 aliphatic carbocycles. The number of ether oxygens (including phenoxy) is 2. The summed E-state index contributed by atoms with van der Waals surface area (Å²) in [7, 11) is 1.38. The molecule has 2 aromatic carbocycles. The second-order valence-corrected chi connectivity index (χ2v) is 4.78. The monoisotopic (exact) mass is 328 g/mol. The third-order valence-electron chi connectivity index (χ3n) is 3.04. The van der Waals surface area contributed by atoms with Crippen LogP contribution in [0.4, 0.5) is 5.69 Å². The molecule has 0 aliphatic heterocycles. The summed E-state index contributed by atoms with van der Waals surface area (Å²) in [6.45, 7) is 1.25. The first-order valence-corrected chi connectivity index (χ1v) is 6.90. The Morgan fingerprint density at radius 2 is 1.75 bits per heavy atom. The molecule has 0 radical (unpaired) electrons. The largest absolute Gasteiger partial charge is 0.545 e. The van der Waals surface area contributed by atoms with Crippen LogP contribution in [0.1, 0.15) is 27.6 Å². The first kappa shape index (κ1) is 17.0. The Hall–Kier alpha value is -3.35. The number of esters is 1. The zero-order chi connectivity index (χ0) is 17.7. The van der Waals surface area contributed by atoms with Crippen molar-refractivity contribution in [3.05, 3.63) is 53.6 Å². The Kier molecular flexibility index (Phi) is 5.16. The molecule has 0 saturated heterocycles. The van der Waals surface area contributed by atoms with Gasteiger partial charge < -0.3 is 24.7 Å². The second kappa shape index (κ2) is 7.28. The van der Waals surface area contributed by atoms with E-state index in [2.05, 4.69) is 5.32 Å². The number of carbonyl (C=O) groups is 3. The molecule has 2 rings (SSSR count). The molecular weight excluding hydrogens is 314 g/mol. The van der Waals surface area contributed by atoms with Crippen molar-refractivity contribution in [1.82, 2.24) is 0 Å². The van der Waals surface area contributed by atoms with Crippen LogP contribution in [0.2, 0.25) is 0 Å². The normalized spacial score (nSPS) is 9.92. The van der Waals surface area contributed by atoms with E-state index in [1.54, 1.807) is 6.07 Å². The van der Waals surface area contributed by atoms with Crippen LogP contribution in [0.25, 0.3) is 0 Å². The number of carbonyl (C=O) groups excluding carboxylic acids is 3. The van der Waals surface area contributed by atoms with Crippen LogP contribution in [0.3, 0.4) is 0 Å². The highest BCUT2D eigenvalue weighted by Gasteiger charge is 2.13. The Morgan fingerprint density at radius 3 is 2.38 bits per heavy atom. The molecule has 0 saturated carbocycles. The quantitative estimate of drug-likeness (QED) is 0.654. The molecule has 1 N–H and O–H groups in total. The molecule has 0 atom stereocenters. The van der Waals surface area contributed by atoms with Crippen molar-refractivity contribution in [2.24, 2.45) is 0 Å². The van der Waals surface area contributed by atoms with E-state index in [-0.39, 0.29) is 22.6 Å². The highest BCUT2D eigenvalue weighted by Crippen LogP contribution is 2.28. The number of methoxy groups -OCH3 is 1. The van der Waals surface area contributed by atoms with E-state index in [4.69, 9.17) is 9.47 Å². The third-order valence-corrected chi connectivity index (χ3v) is 3.04. The minimum Gasteiger partial charge on any atom is -0.545 e. The molecule has 124 valence electrons. The molecule has 2 aromatic rings. The Balaban J connectivity index is 2.22. The molecule has 24 heavy (non-hydrogen) atoms. The topological polar surface area (TPSA) is 105 Å². The fourth-order valence-corrected chi connectivity index (χ4v) is 1.98. The van der Waals surface area contributed by atoms with Crippen LogP contribution in [0.5, 0.6) is 11.5 Å². The minimum atomic E-state index is -1.33. The van der Waals surface area contributed by atoms with Crippen molar-refractivity contribution in [1.29, 1.82) is 0 Å². The van der Waals surface area contributed by atoms with Crippen molar-refractivity contribution in [3.8, 4) is 11.5 Å². The highest BCUT2D eigenvalue weighted by molar-refractivity contribution is 6.05. The number of aromatic carboxylic acids is 1. The molecule has 7 heteroatoms. The number of carboxylic acid groups (broad SMARTS) is 1. The summed E-state index contributed by atoms with van der Waals surface area (Å²) < 4.78 is 10.1. The molecule has 7 nitrogen and oxygen atoms in total. The van der Waals surface area contributed by atoms with Gasteiger partial charge in [0.25, 0.3) is 5.91 Å². The minimum absolute atomic E-state index is 0.0458. The van der Waals surface area contributed by atoms with Gasteiger partial charge in [-0.1, -0.05) is 12.1 Å². The van der Waals surface area contributed by atoms with Gasteiger partial charge >= 0.3 is 5.97 Å². The SMILES string of the molecule is COc1cc(C(=O)Nc2cccc(C(=O)[O-])c2)ccc1OC(C)=O. The lowest BCUT2D eigenvalue weighted by Gasteiger charge is -2.11. The standard InChI is InChI=1S/C17H15NO6/c1-10(19)24-14-7-6-11(9-15(14)23-2)16(20)18-13-5-3-4-12(8-13)17(21)22/h3-9H,1-2H3,(H,18,20)(H,21,22)/p-1. The molecular formula is C17H14NO6-. The lowest BCUT2D eigenvalue weighted by atomic mass is 10.1. The van der Waals surface area contributed by atoms with Gasteiger partial charge in [0.1, 0.15) is 0 Å². The maximum absolute atomic E-state index is 12.3. The fourth-order valence-electron chi connectivity index (χ4n) is 1.98. The number of carboxylic acids is 1. The van der Waals surface area contributed by atoms with E-state index < -0.39 is 17.8 Å². The van der Waals surface area contributed by atoms with Gasteiger partial charge in [-0.05, 0) is 35.9 Å². The van der Waals surface area contributed by atoms with Gasteiger partial charge in [0.15, 0.2) is 11.5 Å². The average Bonchev–Trinajstić information content (AvgIpc) is 2.54. The third kappa shape index (κ3) is 4.10. The smallest absolute Gasteiger partial charge is 0.308 e. The molecule has 0 bridgehead atoms. The number of benzene rings is 2. The Morgan fingerprint density at radius 1 is 1.00 bits per heavy atom. The predicted molar refractivity (Wildman–Crippen MR) is 83.0 cm³/mol. The Labute approximate surface area is 137 Å². The summed E-state index contributed by atoms with van der Waals surface area (Å²) in [4.78, 5) is 34.1. The lowest BCUT2D eigenvalue weighted by molar-refractivity contribution is -0.255. The second-order valence-electron chi connectivity index (χ2n) is 4.78. The number of anilines is 1. The molecule has 0 unspecified atom stereocenters. The van der Waals surface area contributed by atoms with Crippen LogP contribution in [-0.4, -0.2) is 25.0 Å². The summed E-state index contributed by atoms with van der Waals surface area (Å²) in [5.74, 6) is -1.90. The van der Waals surface area contributed by atoms with Gasteiger partial charge in [0.05, 0.1) is 13.1 Å². The van der Waals surface area contributed by atoms with E-state index in [0.29, 0.717) is 5.69 Å². The number of hydrogen-bond donors (Lipinski definition) is 1. The maximum Gasteiger partial charge on any atom is 0.308 e. The molecule has 1 amide bonds. The van der Waals surface area contributed by atoms with Gasteiger partial charge in [0, 0.05) is 18.2 Å². The van der Waals surface area contributed by atoms with Gasteiger partial charge in [-0.25, -0.2) is 0 Å². The van der Waals surface area contributed by atoms with E-state index in [1.807, 2.05) is 0 Å². The zero-order valence-corrected chi connectivity index (χ0v) is 13.0. The van der Waals surface area contributed by atoms with E-state index in [1.165, 1.54) is 50.4 Å². The van der Waals surface area contributed by atoms with Crippen molar-refractivity contribution in [3.63, 3.8) is 0 Å². The van der Waals surface area contributed by atoms with Crippen molar-refractivity contribution in [2.75, 3.05) is 12.4 Å². The summed E-state index contributed by atoms with van der Waals surface area (Å²) in [6.07, 6.45) is 0. The van der Waals surface area contributed by atoms with Crippen LogP contribution in [0, 0.1) is 0 Å². The van der Waals surface area contributed by atoms with E-state index in [0.717, 1.165) is 0 Å². The summed E-state index contributed by atoms with van der Waals surface area (Å²) in [5, 5.41) is 13.4. The summed E-state index contributed by atoms with van der Waals surface area (Å²) in [5.41, 5.74) is 0.516. The predicted octanol–water partition coefficient (Wildman–Crippen LogP) is 1.24. The van der Waals surface area contributed by atoms with Crippen LogP contribution in [0.15, 0.2) is 42.5 Å². The van der Waals surface area contributed by atoms with E-state index >= 15 is 0 Å². The highest BCUT2D eigenvalue weighted by atomic mass is 16.6. The number of amides is 1. The van der Waals surface area contributed by atoms with Crippen molar-refractivity contribution in [2.45, 2.75) is 6.92 Å². The number of hydrogen-bond acceptors (Lipinski definition) is 6. The summed E-state index contributed by atoms with van der Waals surface area (Å²) >= 11 is 0. The number of rotatable bonds is 5. The maximum atomic E-state index is 12.3. The van der Waals surface area contributed by atoms with Crippen molar-refractivity contribution < 1.29 is 29.0 Å². The zero-order valence-electron chi connectivity index (χ0n) is 13.0. The van der Waals surface area contributed by atoms with Crippen molar-refractivity contribution >= 4 is 23.5 Å². The molecule has 0 spiro atoms. The Bertz CT molecular complexity index is 799. The van der Waals surface area contributed by atoms with Gasteiger partial charge in [-0.2, -0.15) is 0 Å². The summed E-state index contributed by atoms with van der Waals surface area (Å²) in [6, 6.07) is 10.0. The first-order chi connectivity index (χ1) is 11.4. The van der Waals surface area contributed by atoms with Gasteiger partial charge in [-0.15, -0.1) is 0 Å². The number of nitrogens with one attached hydrogen (secondary N) is 1. The molecule has 0 heterocycles. The van der Waals surface area contributed by atoms with E-state index in [9.17, 15) is 19.5 Å². The lowest BCUT2D eigenvalue weighted by Crippen LogP contribution is -2.22. The fraction of sp³-hybridized carbons (Fsp3) is 0.118. The van der Waals surface area contributed by atoms with Crippen LogP contribution in [-0.2, 0) is 4.79 Å².